The van der Waals surface area contributed by atoms with Crippen LogP contribution in [0.4, 0.5) is 0 Å². The van der Waals surface area contributed by atoms with Gasteiger partial charge in [0.15, 0.2) is 11.8 Å². The van der Waals surface area contributed by atoms with Crippen LogP contribution >= 0.6 is 0 Å². The van der Waals surface area contributed by atoms with Crippen molar-refractivity contribution in [3.8, 4) is 5.69 Å². The van der Waals surface area contributed by atoms with Crippen molar-refractivity contribution in [2.75, 3.05) is 33.2 Å². The van der Waals surface area contributed by atoms with E-state index >= 15 is 0 Å². The molecule has 9 heteroatoms. The Morgan fingerprint density at radius 1 is 1.14 bits per heavy atom. The largest absolute Gasteiger partial charge is 0.364 e. The van der Waals surface area contributed by atoms with Crippen LogP contribution < -0.4 is 5.32 Å². The molecule has 1 saturated heterocycles. The summed E-state index contributed by atoms with van der Waals surface area (Å²) in [5.74, 6) is 1.72. The fraction of sp³-hybridized carbons (Fsp3) is 0.368. The number of piperazine rings is 1. The molecular formula is C19H24N8O. The summed E-state index contributed by atoms with van der Waals surface area (Å²) in [5.41, 5.74) is 2.01. The summed E-state index contributed by atoms with van der Waals surface area (Å²) in [6, 6.07) is 12.0. The van der Waals surface area contributed by atoms with Gasteiger partial charge in [-0.15, -0.1) is 10.2 Å². The van der Waals surface area contributed by atoms with E-state index in [1.165, 1.54) is 0 Å². The zero-order valence-corrected chi connectivity index (χ0v) is 15.9. The van der Waals surface area contributed by atoms with Gasteiger partial charge in [-0.25, -0.2) is 0 Å². The first-order chi connectivity index (χ1) is 13.8. The van der Waals surface area contributed by atoms with Crippen molar-refractivity contribution in [2.24, 2.45) is 4.99 Å². The van der Waals surface area contributed by atoms with E-state index in [1.54, 1.807) is 12.6 Å². The SMILES string of the molecule is CN=C(NCc1nncn1-c1ccccc1)N1CCN(Cc2ccon2)CC1. The lowest BCUT2D eigenvalue weighted by molar-refractivity contribution is 0.169. The topological polar surface area (TPSA) is 87.6 Å². The molecule has 28 heavy (non-hydrogen) atoms. The van der Waals surface area contributed by atoms with Gasteiger partial charge in [0.1, 0.15) is 12.6 Å². The third-order valence-electron chi connectivity index (χ3n) is 4.82. The smallest absolute Gasteiger partial charge is 0.194 e. The van der Waals surface area contributed by atoms with Gasteiger partial charge in [0, 0.05) is 51.5 Å². The minimum Gasteiger partial charge on any atom is -0.364 e. The van der Waals surface area contributed by atoms with Crippen molar-refractivity contribution in [1.82, 2.24) is 35.0 Å². The van der Waals surface area contributed by atoms with Crippen LogP contribution in [-0.4, -0.2) is 68.9 Å². The average Bonchev–Trinajstić information content (AvgIpc) is 3.42. The quantitative estimate of drug-likeness (QED) is 0.525. The second kappa shape index (κ2) is 8.66. The monoisotopic (exact) mass is 380 g/mol. The Kier molecular flexibility index (Phi) is 5.62. The zero-order valence-electron chi connectivity index (χ0n) is 15.9. The molecule has 0 saturated carbocycles. The maximum atomic E-state index is 4.91. The lowest BCUT2D eigenvalue weighted by Gasteiger charge is -2.36. The number of nitrogens with zero attached hydrogens (tertiary/aromatic N) is 7. The van der Waals surface area contributed by atoms with Crippen molar-refractivity contribution >= 4 is 5.96 Å². The van der Waals surface area contributed by atoms with Gasteiger partial charge < -0.3 is 14.7 Å². The Labute approximate surface area is 163 Å². The summed E-state index contributed by atoms with van der Waals surface area (Å²) in [5, 5.41) is 15.7. The van der Waals surface area contributed by atoms with E-state index in [2.05, 4.69) is 35.5 Å². The van der Waals surface area contributed by atoms with Gasteiger partial charge >= 0.3 is 0 Å². The van der Waals surface area contributed by atoms with Gasteiger partial charge in [-0.1, -0.05) is 23.4 Å². The molecule has 0 bridgehead atoms. The maximum Gasteiger partial charge on any atom is 0.194 e. The molecule has 3 aromatic rings. The number of benzene rings is 1. The molecule has 0 amide bonds. The Balaban J connectivity index is 1.32. The summed E-state index contributed by atoms with van der Waals surface area (Å²) in [7, 11) is 1.81. The number of hydrogen-bond acceptors (Lipinski definition) is 6. The Morgan fingerprint density at radius 3 is 2.68 bits per heavy atom. The molecule has 1 fully saturated rings. The normalized spacial score (nSPS) is 15.8. The second-order valence-electron chi connectivity index (χ2n) is 6.61. The van der Waals surface area contributed by atoms with Crippen molar-refractivity contribution in [2.45, 2.75) is 13.1 Å². The van der Waals surface area contributed by atoms with E-state index in [0.29, 0.717) is 6.54 Å². The van der Waals surface area contributed by atoms with Crippen LogP contribution in [-0.2, 0) is 13.1 Å². The van der Waals surface area contributed by atoms with E-state index in [0.717, 1.165) is 55.9 Å². The molecule has 0 atom stereocenters. The average molecular weight is 380 g/mol. The number of para-hydroxylation sites is 1. The lowest BCUT2D eigenvalue weighted by atomic mass is 10.3. The van der Waals surface area contributed by atoms with E-state index in [-0.39, 0.29) is 0 Å². The summed E-state index contributed by atoms with van der Waals surface area (Å²) in [6.07, 6.45) is 3.35. The number of aliphatic imine (C=N–C) groups is 1. The second-order valence-corrected chi connectivity index (χ2v) is 6.61. The minimum atomic E-state index is 0.556. The molecule has 1 aliphatic rings. The van der Waals surface area contributed by atoms with Crippen LogP contribution in [0.2, 0.25) is 0 Å². The minimum absolute atomic E-state index is 0.556. The highest BCUT2D eigenvalue weighted by atomic mass is 16.5. The molecule has 0 aliphatic carbocycles. The third-order valence-corrected chi connectivity index (χ3v) is 4.82. The standard InChI is InChI=1S/C19H24N8O/c1-20-19(26-10-8-25(9-11-26)14-16-7-12-28-24-16)21-13-18-23-22-15-27(18)17-5-3-2-4-6-17/h2-7,12,15H,8-11,13-14H2,1H3,(H,20,21). The van der Waals surface area contributed by atoms with Gasteiger partial charge in [-0.3, -0.25) is 14.5 Å². The fourth-order valence-electron chi connectivity index (χ4n) is 3.34. The zero-order chi connectivity index (χ0) is 19.2. The molecule has 0 unspecified atom stereocenters. The van der Waals surface area contributed by atoms with Gasteiger partial charge in [-0.2, -0.15) is 0 Å². The van der Waals surface area contributed by atoms with Crippen LogP contribution in [0.25, 0.3) is 5.69 Å². The number of rotatable bonds is 5. The van der Waals surface area contributed by atoms with Crippen molar-refractivity contribution in [1.29, 1.82) is 0 Å². The molecule has 146 valence electrons. The van der Waals surface area contributed by atoms with Gasteiger partial charge in [0.05, 0.1) is 12.2 Å². The molecule has 2 aromatic heterocycles. The predicted molar refractivity (Wildman–Crippen MR) is 105 cm³/mol. The highest BCUT2D eigenvalue weighted by Gasteiger charge is 2.20. The predicted octanol–water partition coefficient (Wildman–Crippen LogP) is 1.15. The van der Waals surface area contributed by atoms with E-state index in [1.807, 2.05) is 48.0 Å². The van der Waals surface area contributed by atoms with Crippen LogP contribution in [0.15, 0.2) is 58.5 Å². The van der Waals surface area contributed by atoms with E-state index < -0.39 is 0 Å². The fourth-order valence-corrected chi connectivity index (χ4v) is 3.34. The Hall–Kier alpha value is -3.20. The lowest BCUT2D eigenvalue weighted by Crippen LogP contribution is -2.52. The molecular weight excluding hydrogens is 356 g/mol. The van der Waals surface area contributed by atoms with E-state index in [9.17, 15) is 0 Å². The van der Waals surface area contributed by atoms with Gasteiger partial charge in [-0.05, 0) is 12.1 Å². The Morgan fingerprint density at radius 2 is 1.96 bits per heavy atom. The van der Waals surface area contributed by atoms with Crippen molar-refractivity contribution in [3.05, 3.63) is 60.5 Å². The first-order valence-corrected chi connectivity index (χ1v) is 9.35. The van der Waals surface area contributed by atoms with E-state index in [4.69, 9.17) is 4.52 Å². The molecule has 0 spiro atoms. The van der Waals surface area contributed by atoms with Crippen LogP contribution in [0.3, 0.4) is 0 Å². The van der Waals surface area contributed by atoms with Crippen LogP contribution in [0.5, 0.6) is 0 Å². The first-order valence-electron chi connectivity index (χ1n) is 9.35. The van der Waals surface area contributed by atoms with Crippen molar-refractivity contribution in [3.63, 3.8) is 0 Å². The number of aromatic nitrogens is 4. The van der Waals surface area contributed by atoms with Gasteiger partial charge in [0.25, 0.3) is 0 Å². The number of guanidine groups is 1. The summed E-state index contributed by atoms with van der Waals surface area (Å²) >= 11 is 0. The van der Waals surface area contributed by atoms with Crippen molar-refractivity contribution < 1.29 is 4.52 Å². The third kappa shape index (κ3) is 4.20. The highest BCUT2D eigenvalue weighted by Crippen LogP contribution is 2.10. The molecule has 9 nitrogen and oxygen atoms in total. The summed E-state index contributed by atoms with van der Waals surface area (Å²) in [6.45, 7) is 5.09. The Bertz CT molecular complexity index is 882. The van der Waals surface area contributed by atoms with Crippen LogP contribution in [0.1, 0.15) is 11.5 Å². The molecule has 4 rings (SSSR count). The molecule has 3 heterocycles. The summed E-state index contributed by atoms with van der Waals surface area (Å²) < 4.78 is 6.89. The van der Waals surface area contributed by atoms with Gasteiger partial charge in [0.2, 0.25) is 0 Å². The van der Waals surface area contributed by atoms with Crippen LogP contribution in [0, 0.1) is 0 Å². The molecule has 1 N–H and O–H groups in total. The summed E-state index contributed by atoms with van der Waals surface area (Å²) in [4.78, 5) is 9.08. The molecule has 0 radical (unpaired) electrons. The molecule has 1 aliphatic heterocycles. The molecule has 1 aromatic carbocycles. The maximum absolute atomic E-state index is 4.91. The number of hydrogen-bond donors (Lipinski definition) is 1. The first kappa shape index (κ1) is 18.2. The number of nitrogens with one attached hydrogen (secondary N) is 1. The highest BCUT2D eigenvalue weighted by molar-refractivity contribution is 5.79.